The van der Waals surface area contributed by atoms with Crippen LogP contribution in [0.5, 0.6) is 5.75 Å². The monoisotopic (exact) mass is 559 g/mol. The quantitative estimate of drug-likeness (QED) is 0.370. The van der Waals surface area contributed by atoms with E-state index in [1.807, 2.05) is 5.32 Å². The number of fused-ring (bicyclic) bond motifs is 1. The Labute approximate surface area is 215 Å². The van der Waals surface area contributed by atoms with Crippen molar-refractivity contribution in [1.82, 2.24) is 15.3 Å². The van der Waals surface area contributed by atoms with Gasteiger partial charge in [0.1, 0.15) is 29.8 Å². The van der Waals surface area contributed by atoms with Crippen molar-refractivity contribution in [3.8, 4) is 5.75 Å². The number of rotatable bonds is 7. The fourth-order valence-electron chi connectivity index (χ4n) is 3.43. The summed E-state index contributed by atoms with van der Waals surface area (Å²) in [6.45, 7) is 2.04. The van der Waals surface area contributed by atoms with Crippen LogP contribution in [0, 0.1) is 5.82 Å². The van der Waals surface area contributed by atoms with E-state index in [1.54, 1.807) is 12.1 Å². The van der Waals surface area contributed by atoms with Gasteiger partial charge in [0.2, 0.25) is 0 Å². The number of benzene rings is 2. The van der Waals surface area contributed by atoms with Gasteiger partial charge < -0.3 is 15.4 Å². The van der Waals surface area contributed by atoms with Gasteiger partial charge in [0.15, 0.2) is 6.10 Å². The Morgan fingerprint density at radius 3 is 2.57 bits per heavy atom. The van der Waals surface area contributed by atoms with Crippen LogP contribution in [0.15, 0.2) is 41.0 Å². The van der Waals surface area contributed by atoms with E-state index in [0.717, 1.165) is 25.5 Å². The molecule has 1 aromatic heterocycles. The molecule has 0 aliphatic carbocycles. The van der Waals surface area contributed by atoms with Crippen molar-refractivity contribution in [1.29, 1.82) is 0 Å². The van der Waals surface area contributed by atoms with Gasteiger partial charge in [-0.05, 0) is 44.5 Å². The number of amides is 1. The summed E-state index contributed by atoms with van der Waals surface area (Å²) in [5.74, 6) is -0.599. The topological polar surface area (TPSA) is 106 Å². The Hall–Kier alpha value is -3.19. The second kappa shape index (κ2) is 10.3. The molecule has 0 bridgehead atoms. The van der Waals surface area contributed by atoms with Gasteiger partial charge in [-0.2, -0.15) is 17.5 Å². The standard InChI is InChI=1S/C23H22ClF4N5O3S/c1-12(22(34)31-13(2)23(26,27)28)36-19-8-14(25)4-5-17(19)32-21-20-16(24)9-15(10-18(20)29-11-30-21)33-37(35)6-3-7-37/h4-5,8-13H,3,6-7H2,1-2H3,(H,31,34)(H,29,30,32)/t12-,13-/m1/s1. The lowest BCUT2D eigenvalue weighted by Crippen LogP contribution is -2.47. The summed E-state index contributed by atoms with van der Waals surface area (Å²) in [5, 5.41) is 5.39. The molecule has 2 aromatic carbocycles. The number of halogens is 5. The molecule has 1 saturated heterocycles. The van der Waals surface area contributed by atoms with Crippen molar-refractivity contribution in [2.45, 2.75) is 38.6 Å². The molecular formula is C23H22ClF4N5O3S. The SMILES string of the molecule is C[C@@H](Oc1cc(F)ccc1Nc1ncnc2cc(N=S3(=O)CCC3)cc(Cl)c12)C(=O)N[C@H](C)C(F)(F)F. The molecule has 198 valence electrons. The molecule has 1 aliphatic heterocycles. The Kier molecular flexibility index (Phi) is 7.47. The first kappa shape index (κ1) is 26.9. The highest BCUT2D eigenvalue weighted by molar-refractivity contribution is 7.95. The van der Waals surface area contributed by atoms with Crippen molar-refractivity contribution in [2.24, 2.45) is 4.36 Å². The second-order valence-corrected chi connectivity index (χ2v) is 11.4. The maximum Gasteiger partial charge on any atom is 0.408 e. The first-order chi connectivity index (χ1) is 17.3. The molecule has 1 aliphatic rings. The van der Waals surface area contributed by atoms with Crippen molar-refractivity contribution in [3.63, 3.8) is 0 Å². The third kappa shape index (κ3) is 6.21. The van der Waals surface area contributed by atoms with Crippen LogP contribution in [-0.2, 0) is 14.5 Å². The van der Waals surface area contributed by atoms with E-state index < -0.39 is 39.8 Å². The number of ether oxygens (including phenoxy) is 1. The maximum absolute atomic E-state index is 14.0. The normalized spacial score (nSPS) is 16.4. The molecule has 3 aromatic rings. The number of anilines is 2. The predicted octanol–water partition coefficient (Wildman–Crippen LogP) is 5.50. The highest BCUT2D eigenvalue weighted by atomic mass is 35.5. The number of aromatic nitrogens is 2. The molecule has 2 atom stereocenters. The lowest BCUT2D eigenvalue weighted by atomic mass is 10.2. The Balaban J connectivity index is 1.62. The van der Waals surface area contributed by atoms with Crippen LogP contribution < -0.4 is 15.4 Å². The molecule has 1 amide bonds. The molecule has 2 heterocycles. The van der Waals surface area contributed by atoms with Crippen molar-refractivity contribution in [3.05, 3.63) is 47.5 Å². The third-order valence-corrected chi connectivity index (χ3v) is 8.29. The summed E-state index contributed by atoms with van der Waals surface area (Å²) in [6.07, 6.45) is -3.90. The zero-order chi connectivity index (χ0) is 27.0. The van der Waals surface area contributed by atoms with Crippen molar-refractivity contribution < 1.29 is 31.3 Å². The third-order valence-electron chi connectivity index (χ3n) is 5.59. The van der Waals surface area contributed by atoms with Crippen LogP contribution in [0.4, 0.5) is 34.8 Å². The van der Waals surface area contributed by atoms with E-state index >= 15 is 0 Å². The van der Waals surface area contributed by atoms with Crippen LogP contribution in [0.3, 0.4) is 0 Å². The average molecular weight is 560 g/mol. The van der Waals surface area contributed by atoms with Crippen LogP contribution in [-0.4, -0.2) is 49.9 Å². The number of carbonyl (C=O) groups excluding carboxylic acids is 1. The first-order valence-electron chi connectivity index (χ1n) is 11.1. The zero-order valence-corrected chi connectivity index (χ0v) is 21.2. The molecule has 4 rings (SSSR count). The number of nitrogens with one attached hydrogen (secondary N) is 2. The van der Waals surface area contributed by atoms with Crippen LogP contribution in [0.2, 0.25) is 5.02 Å². The zero-order valence-electron chi connectivity index (χ0n) is 19.6. The average Bonchev–Trinajstić information content (AvgIpc) is 2.79. The van der Waals surface area contributed by atoms with Crippen LogP contribution >= 0.6 is 11.6 Å². The molecule has 37 heavy (non-hydrogen) atoms. The van der Waals surface area contributed by atoms with Crippen molar-refractivity contribution in [2.75, 3.05) is 16.8 Å². The number of alkyl halides is 3. The number of hydrogen-bond acceptors (Lipinski definition) is 7. The summed E-state index contributed by atoms with van der Waals surface area (Å²) in [4.78, 5) is 20.6. The summed E-state index contributed by atoms with van der Waals surface area (Å²) in [5.41, 5.74) is 1.00. The van der Waals surface area contributed by atoms with Gasteiger partial charge in [-0.3, -0.25) is 4.79 Å². The molecule has 2 N–H and O–H groups in total. The molecular weight excluding hydrogens is 538 g/mol. The molecule has 8 nitrogen and oxygen atoms in total. The van der Waals surface area contributed by atoms with E-state index in [0.29, 0.717) is 28.1 Å². The summed E-state index contributed by atoms with van der Waals surface area (Å²) in [6, 6.07) is 4.50. The lowest BCUT2D eigenvalue weighted by molar-refractivity contribution is -0.160. The van der Waals surface area contributed by atoms with Gasteiger partial charge in [0, 0.05) is 17.6 Å². The van der Waals surface area contributed by atoms with E-state index in [-0.39, 0.29) is 22.3 Å². The summed E-state index contributed by atoms with van der Waals surface area (Å²) in [7, 11) is -2.27. The number of carbonyl (C=O) groups is 1. The minimum absolute atomic E-state index is 0.140. The number of hydrogen-bond donors (Lipinski definition) is 2. The molecule has 14 heteroatoms. The van der Waals surface area contributed by atoms with Gasteiger partial charge in [0.05, 0.1) is 37.0 Å². The molecule has 0 unspecified atom stereocenters. The minimum atomic E-state index is -4.63. The Bertz CT molecular complexity index is 1470. The van der Waals surface area contributed by atoms with E-state index in [9.17, 15) is 26.6 Å². The fraction of sp³-hybridized carbons (Fsp3) is 0.348. The molecule has 1 fully saturated rings. The highest BCUT2D eigenvalue weighted by Crippen LogP contribution is 2.36. The van der Waals surface area contributed by atoms with Crippen LogP contribution in [0.1, 0.15) is 20.3 Å². The second-order valence-electron chi connectivity index (χ2n) is 8.47. The van der Waals surface area contributed by atoms with Gasteiger partial charge in [-0.15, -0.1) is 0 Å². The van der Waals surface area contributed by atoms with E-state index in [4.69, 9.17) is 16.3 Å². The largest absolute Gasteiger partial charge is 0.479 e. The Morgan fingerprint density at radius 2 is 1.92 bits per heavy atom. The van der Waals surface area contributed by atoms with Gasteiger partial charge >= 0.3 is 6.18 Å². The lowest BCUT2D eigenvalue weighted by Gasteiger charge is -2.22. The number of nitrogens with zero attached hydrogens (tertiary/aromatic N) is 3. The van der Waals surface area contributed by atoms with Gasteiger partial charge in [-0.25, -0.2) is 18.6 Å². The van der Waals surface area contributed by atoms with Gasteiger partial charge in [-0.1, -0.05) is 11.6 Å². The first-order valence-corrected chi connectivity index (χ1v) is 13.3. The van der Waals surface area contributed by atoms with Crippen molar-refractivity contribution >= 4 is 55.3 Å². The summed E-state index contributed by atoms with van der Waals surface area (Å²) >= 11 is 6.49. The smallest absolute Gasteiger partial charge is 0.408 e. The van der Waals surface area contributed by atoms with E-state index in [2.05, 4.69) is 19.6 Å². The fourth-order valence-corrected chi connectivity index (χ4v) is 5.18. The Morgan fingerprint density at radius 1 is 1.19 bits per heavy atom. The summed E-state index contributed by atoms with van der Waals surface area (Å²) < 4.78 is 74.7. The predicted molar refractivity (Wildman–Crippen MR) is 133 cm³/mol. The van der Waals surface area contributed by atoms with E-state index in [1.165, 1.54) is 19.3 Å². The minimum Gasteiger partial charge on any atom is -0.479 e. The van der Waals surface area contributed by atoms with Gasteiger partial charge in [0.25, 0.3) is 5.91 Å². The molecule has 0 radical (unpaired) electrons. The molecule has 0 saturated carbocycles. The highest BCUT2D eigenvalue weighted by Gasteiger charge is 2.38. The molecule has 0 spiro atoms. The maximum atomic E-state index is 14.0. The van der Waals surface area contributed by atoms with Crippen LogP contribution in [0.25, 0.3) is 10.9 Å².